The Labute approximate surface area is 169 Å². The average Bonchev–Trinajstić information content (AvgIpc) is 2.87. The fourth-order valence-corrected chi connectivity index (χ4v) is 4.20. The molecule has 1 fully saturated rings. The van der Waals surface area contributed by atoms with Crippen LogP contribution in [0.4, 0.5) is 0 Å². The maximum atomic E-state index is 12.5. The van der Waals surface area contributed by atoms with Gasteiger partial charge in [0.25, 0.3) is 0 Å². The molecule has 1 heterocycles. The third-order valence-corrected chi connectivity index (χ3v) is 6.01. The topological polar surface area (TPSA) is 50.2 Å². The average molecular weight is 383 g/mol. The monoisotopic (exact) mass is 382 g/mol. The lowest BCUT2D eigenvalue weighted by atomic mass is 10.1. The molecule has 0 spiro atoms. The van der Waals surface area contributed by atoms with Crippen molar-refractivity contribution < 1.29 is 4.79 Å². The van der Waals surface area contributed by atoms with Crippen LogP contribution in [0.5, 0.6) is 0 Å². The zero-order chi connectivity index (χ0) is 19.9. The van der Waals surface area contributed by atoms with Crippen molar-refractivity contribution in [1.82, 2.24) is 20.0 Å². The first-order valence-electron chi connectivity index (χ1n) is 10.6. The normalized spacial score (nSPS) is 15.6. The SMILES string of the molecule is Cc1nn(Cc2ccccc2)c(C)c1CNC(=O)CN(C)C1CCCCCC1. The van der Waals surface area contributed by atoms with Crippen LogP contribution in [0.2, 0.25) is 0 Å². The number of carbonyl (C=O) groups excluding carboxylic acids is 1. The molecule has 0 atom stereocenters. The third-order valence-electron chi connectivity index (χ3n) is 6.01. The van der Waals surface area contributed by atoms with E-state index in [1.807, 2.05) is 29.8 Å². The smallest absolute Gasteiger partial charge is 0.234 e. The second kappa shape index (κ2) is 9.87. The summed E-state index contributed by atoms with van der Waals surface area (Å²) in [6, 6.07) is 10.9. The number of hydrogen-bond acceptors (Lipinski definition) is 3. The minimum absolute atomic E-state index is 0.0985. The molecule has 0 unspecified atom stereocenters. The zero-order valence-corrected chi connectivity index (χ0v) is 17.6. The van der Waals surface area contributed by atoms with Gasteiger partial charge in [0.05, 0.1) is 18.8 Å². The minimum atomic E-state index is 0.0985. The van der Waals surface area contributed by atoms with Gasteiger partial charge in [0.15, 0.2) is 0 Å². The Morgan fingerprint density at radius 1 is 1.14 bits per heavy atom. The maximum Gasteiger partial charge on any atom is 0.234 e. The Bertz CT molecular complexity index is 760. The number of aromatic nitrogens is 2. The number of nitrogens with one attached hydrogen (secondary N) is 1. The molecule has 1 aromatic carbocycles. The van der Waals surface area contributed by atoms with Gasteiger partial charge in [0.1, 0.15) is 0 Å². The van der Waals surface area contributed by atoms with Crippen LogP contribution in [0.25, 0.3) is 0 Å². The Morgan fingerprint density at radius 2 is 1.82 bits per heavy atom. The van der Waals surface area contributed by atoms with Gasteiger partial charge >= 0.3 is 0 Å². The number of rotatable bonds is 7. The summed E-state index contributed by atoms with van der Waals surface area (Å²) < 4.78 is 2.03. The van der Waals surface area contributed by atoms with Crippen molar-refractivity contribution in [1.29, 1.82) is 0 Å². The molecular weight excluding hydrogens is 348 g/mol. The van der Waals surface area contributed by atoms with E-state index in [1.165, 1.54) is 44.1 Å². The second-order valence-corrected chi connectivity index (χ2v) is 8.13. The Hall–Kier alpha value is -2.14. The molecule has 0 radical (unpaired) electrons. The van der Waals surface area contributed by atoms with Crippen molar-refractivity contribution in [3.63, 3.8) is 0 Å². The summed E-state index contributed by atoms with van der Waals surface area (Å²) in [5, 5.41) is 7.79. The van der Waals surface area contributed by atoms with Gasteiger partial charge in [0, 0.05) is 23.8 Å². The molecule has 152 valence electrons. The van der Waals surface area contributed by atoms with Crippen LogP contribution in [0, 0.1) is 13.8 Å². The summed E-state index contributed by atoms with van der Waals surface area (Å²) in [7, 11) is 2.09. The molecule has 3 rings (SSSR count). The first kappa shape index (κ1) is 20.6. The Morgan fingerprint density at radius 3 is 2.50 bits per heavy atom. The van der Waals surface area contributed by atoms with Gasteiger partial charge in [-0.3, -0.25) is 14.4 Å². The summed E-state index contributed by atoms with van der Waals surface area (Å²) >= 11 is 0. The summed E-state index contributed by atoms with van der Waals surface area (Å²) in [4.78, 5) is 14.7. The lowest BCUT2D eigenvalue weighted by Gasteiger charge is -2.26. The molecule has 0 saturated heterocycles. The highest BCUT2D eigenvalue weighted by atomic mass is 16.2. The largest absolute Gasteiger partial charge is 0.351 e. The van der Waals surface area contributed by atoms with Crippen molar-refractivity contribution >= 4 is 5.91 Å². The van der Waals surface area contributed by atoms with E-state index < -0.39 is 0 Å². The van der Waals surface area contributed by atoms with Crippen molar-refractivity contribution in [3.05, 3.63) is 52.8 Å². The molecule has 1 saturated carbocycles. The molecule has 5 nitrogen and oxygen atoms in total. The van der Waals surface area contributed by atoms with Gasteiger partial charge in [-0.15, -0.1) is 0 Å². The minimum Gasteiger partial charge on any atom is -0.351 e. The van der Waals surface area contributed by atoms with Crippen LogP contribution in [0.15, 0.2) is 30.3 Å². The molecule has 0 bridgehead atoms. The lowest BCUT2D eigenvalue weighted by molar-refractivity contribution is -0.122. The molecule has 5 heteroatoms. The number of benzene rings is 1. The van der Waals surface area contributed by atoms with Gasteiger partial charge in [-0.25, -0.2) is 0 Å². The Kier molecular flexibility index (Phi) is 7.26. The fourth-order valence-electron chi connectivity index (χ4n) is 4.20. The molecule has 1 amide bonds. The predicted molar refractivity (Wildman–Crippen MR) is 113 cm³/mol. The summed E-state index contributed by atoms with van der Waals surface area (Å²) in [6.45, 7) is 5.88. The summed E-state index contributed by atoms with van der Waals surface area (Å²) in [5.74, 6) is 0.0985. The number of hydrogen-bond donors (Lipinski definition) is 1. The number of aryl methyl sites for hydroxylation is 1. The van der Waals surface area contributed by atoms with Gasteiger partial charge in [-0.2, -0.15) is 5.10 Å². The molecular formula is C23H34N4O. The number of carbonyl (C=O) groups is 1. The maximum absolute atomic E-state index is 12.5. The zero-order valence-electron chi connectivity index (χ0n) is 17.6. The molecule has 1 aliphatic rings. The van der Waals surface area contributed by atoms with Crippen LogP contribution < -0.4 is 5.32 Å². The van der Waals surface area contributed by atoms with Crippen LogP contribution >= 0.6 is 0 Å². The van der Waals surface area contributed by atoms with Crippen molar-refractivity contribution in [3.8, 4) is 0 Å². The fraction of sp³-hybridized carbons (Fsp3) is 0.565. The van der Waals surface area contributed by atoms with Gasteiger partial charge < -0.3 is 5.32 Å². The van der Waals surface area contributed by atoms with E-state index in [0.717, 1.165) is 23.5 Å². The van der Waals surface area contributed by atoms with E-state index in [0.29, 0.717) is 19.1 Å². The predicted octanol–water partition coefficient (Wildman–Crippen LogP) is 3.82. The lowest BCUT2D eigenvalue weighted by Crippen LogP contribution is -2.40. The summed E-state index contributed by atoms with van der Waals surface area (Å²) in [6.07, 6.45) is 7.68. The van der Waals surface area contributed by atoms with Crippen molar-refractivity contribution in [2.75, 3.05) is 13.6 Å². The summed E-state index contributed by atoms with van der Waals surface area (Å²) in [5.41, 5.74) is 4.47. The van der Waals surface area contributed by atoms with Crippen LogP contribution in [-0.2, 0) is 17.9 Å². The second-order valence-electron chi connectivity index (χ2n) is 8.13. The highest BCUT2D eigenvalue weighted by Gasteiger charge is 2.19. The number of amides is 1. The van der Waals surface area contributed by atoms with Crippen LogP contribution in [0.1, 0.15) is 61.0 Å². The first-order chi connectivity index (χ1) is 13.5. The molecule has 28 heavy (non-hydrogen) atoms. The quantitative estimate of drug-likeness (QED) is 0.741. The number of nitrogens with zero attached hydrogens (tertiary/aromatic N) is 3. The van der Waals surface area contributed by atoms with Gasteiger partial charge in [0.2, 0.25) is 5.91 Å². The van der Waals surface area contributed by atoms with E-state index in [1.54, 1.807) is 0 Å². The van der Waals surface area contributed by atoms with E-state index in [2.05, 4.69) is 41.4 Å². The molecule has 1 aromatic heterocycles. The molecule has 1 aliphatic carbocycles. The molecule has 0 aliphatic heterocycles. The van der Waals surface area contributed by atoms with E-state index >= 15 is 0 Å². The highest BCUT2D eigenvalue weighted by Crippen LogP contribution is 2.21. The molecule has 1 N–H and O–H groups in total. The van der Waals surface area contributed by atoms with E-state index in [-0.39, 0.29) is 5.91 Å². The van der Waals surface area contributed by atoms with Crippen LogP contribution in [0.3, 0.4) is 0 Å². The van der Waals surface area contributed by atoms with Gasteiger partial charge in [-0.05, 0) is 39.3 Å². The highest BCUT2D eigenvalue weighted by molar-refractivity contribution is 5.78. The van der Waals surface area contributed by atoms with Crippen molar-refractivity contribution in [2.24, 2.45) is 0 Å². The van der Waals surface area contributed by atoms with E-state index in [4.69, 9.17) is 0 Å². The van der Waals surface area contributed by atoms with E-state index in [9.17, 15) is 4.79 Å². The van der Waals surface area contributed by atoms with Gasteiger partial charge in [-0.1, -0.05) is 56.0 Å². The Balaban J connectivity index is 1.54. The third kappa shape index (κ3) is 5.44. The van der Waals surface area contributed by atoms with Crippen molar-refractivity contribution in [2.45, 2.75) is 71.5 Å². The standard InChI is InChI=1S/C23H34N4O/c1-18-22(19(2)27(25-18)16-20-11-7-6-8-12-20)15-24-23(28)17-26(3)21-13-9-4-5-10-14-21/h6-8,11-12,21H,4-5,9-10,13-17H2,1-3H3,(H,24,28). The van der Waals surface area contributed by atoms with Crippen LogP contribution in [-0.4, -0.2) is 40.2 Å². The number of likely N-dealkylation sites (N-methyl/N-ethyl adjacent to an activating group) is 1. The molecule has 2 aromatic rings. The first-order valence-corrected chi connectivity index (χ1v) is 10.6.